The number of hydrogen-bond donors (Lipinski definition) is 0. The zero-order valence-electron chi connectivity index (χ0n) is 18.9. The van der Waals surface area contributed by atoms with Gasteiger partial charge < -0.3 is 19.1 Å². The van der Waals surface area contributed by atoms with Gasteiger partial charge in [-0.3, -0.25) is 9.59 Å². The van der Waals surface area contributed by atoms with Gasteiger partial charge in [-0.25, -0.2) is 0 Å². The summed E-state index contributed by atoms with van der Waals surface area (Å²) in [5.41, 5.74) is 2.22. The van der Waals surface area contributed by atoms with Gasteiger partial charge in [0.25, 0.3) is 11.8 Å². The van der Waals surface area contributed by atoms with Crippen molar-refractivity contribution in [3.05, 3.63) is 70.9 Å². The van der Waals surface area contributed by atoms with E-state index in [1.54, 1.807) is 29.9 Å². The second-order valence-electron chi connectivity index (χ2n) is 7.78. The van der Waals surface area contributed by atoms with Crippen molar-refractivity contribution in [2.45, 2.75) is 24.5 Å². The summed E-state index contributed by atoms with van der Waals surface area (Å²) in [5.74, 6) is 2.24. The van der Waals surface area contributed by atoms with Crippen molar-refractivity contribution in [3.8, 4) is 5.75 Å². The first kappa shape index (κ1) is 22.8. The van der Waals surface area contributed by atoms with E-state index in [-0.39, 0.29) is 11.8 Å². The molecular weight excluding hydrogens is 440 g/mol. The second-order valence-corrected chi connectivity index (χ2v) is 8.80. The number of amides is 2. The van der Waals surface area contributed by atoms with Crippen molar-refractivity contribution in [1.29, 1.82) is 0 Å². The summed E-state index contributed by atoms with van der Waals surface area (Å²) in [6.45, 7) is 5.62. The average molecular weight is 467 g/mol. The number of nitrogens with zero attached hydrogens (tertiary/aromatic N) is 4. The molecule has 0 bridgehead atoms. The van der Waals surface area contributed by atoms with E-state index in [0.717, 1.165) is 10.5 Å². The molecule has 3 aromatic rings. The van der Waals surface area contributed by atoms with E-state index in [4.69, 9.17) is 9.26 Å². The van der Waals surface area contributed by atoms with E-state index in [0.29, 0.717) is 60.5 Å². The molecule has 33 heavy (non-hydrogen) atoms. The molecule has 2 amide bonds. The molecule has 2 aromatic carbocycles. The van der Waals surface area contributed by atoms with Gasteiger partial charge in [0.1, 0.15) is 5.75 Å². The average Bonchev–Trinajstić information content (AvgIpc) is 3.27. The third-order valence-electron chi connectivity index (χ3n) is 5.55. The number of ether oxygens (including phenoxy) is 1. The minimum Gasteiger partial charge on any atom is -0.496 e. The molecule has 0 spiro atoms. The van der Waals surface area contributed by atoms with Crippen LogP contribution in [0.1, 0.15) is 38.0 Å². The maximum atomic E-state index is 13.2. The number of aromatic nitrogens is 2. The van der Waals surface area contributed by atoms with Crippen molar-refractivity contribution in [2.24, 2.45) is 0 Å². The van der Waals surface area contributed by atoms with Crippen molar-refractivity contribution < 1.29 is 18.8 Å². The van der Waals surface area contributed by atoms with Gasteiger partial charge in [-0.15, -0.1) is 11.8 Å². The summed E-state index contributed by atoms with van der Waals surface area (Å²) >= 11 is 1.50. The number of methoxy groups -OCH3 is 1. The van der Waals surface area contributed by atoms with Crippen LogP contribution in [0.5, 0.6) is 5.75 Å². The maximum absolute atomic E-state index is 13.2. The number of carbonyl (C=O) groups excluding carboxylic acids is 2. The molecule has 0 atom stereocenters. The Morgan fingerprint density at radius 1 is 1.03 bits per heavy atom. The van der Waals surface area contributed by atoms with Crippen LogP contribution in [0.3, 0.4) is 0 Å². The Kier molecular flexibility index (Phi) is 6.98. The van der Waals surface area contributed by atoms with Crippen LogP contribution in [-0.2, 0) is 5.75 Å². The van der Waals surface area contributed by atoms with Crippen LogP contribution >= 0.6 is 11.8 Å². The molecule has 0 aliphatic carbocycles. The lowest BCUT2D eigenvalue weighted by Gasteiger charge is -2.35. The normalized spacial score (nSPS) is 13.8. The van der Waals surface area contributed by atoms with Crippen molar-refractivity contribution in [3.63, 3.8) is 0 Å². The Morgan fingerprint density at radius 2 is 1.73 bits per heavy atom. The predicted octanol–water partition coefficient (Wildman–Crippen LogP) is 3.59. The highest BCUT2D eigenvalue weighted by Gasteiger charge is 2.27. The highest BCUT2D eigenvalue weighted by Crippen LogP contribution is 2.27. The van der Waals surface area contributed by atoms with E-state index in [1.807, 2.05) is 43.3 Å². The summed E-state index contributed by atoms with van der Waals surface area (Å²) in [7, 11) is 1.60. The van der Waals surface area contributed by atoms with Gasteiger partial charge >= 0.3 is 0 Å². The SMILES string of the molecule is COc1cc(C(=O)N2CCN(C(=O)c3ccccc3SCc3noc(C)n3)CC2)ccc1C. The van der Waals surface area contributed by atoms with Crippen LogP contribution in [0, 0.1) is 13.8 Å². The molecule has 8 nitrogen and oxygen atoms in total. The second kappa shape index (κ2) is 10.1. The van der Waals surface area contributed by atoms with Crippen LogP contribution < -0.4 is 4.74 Å². The maximum Gasteiger partial charge on any atom is 0.255 e. The molecule has 1 aliphatic rings. The Morgan fingerprint density at radius 3 is 2.39 bits per heavy atom. The number of aryl methyl sites for hydroxylation is 2. The fraction of sp³-hybridized carbons (Fsp3) is 0.333. The number of carbonyl (C=O) groups is 2. The lowest BCUT2D eigenvalue weighted by Crippen LogP contribution is -2.50. The summed E-state index contributed by atoms with van der Waals surface area (Å²) in [4.78, 5) is 34.9. The van der Waals surface area contributed by atoms with Gasteiger partial charge in [0.15, 0.2) is 5.82 Å². The van der Waals surface area contributed by atoms with Crippen LogP contribution in [0.25, 0.3) is 0 Å². The Balaban J connectivity index is 1.39. The predicted molar refractivity (Wildman–Crippen MR) is 125 cm³/mol. The lowest BCUT2D eigenvalue weighted by atomic mass is 10.1. The van der Waals surface area contributed by atoms with Gasteiger partial charge in [-0.05, 0) is 36.8 Å². The molecule has 2 heterocycles. The van der Waals surface area contributed by atoms with Gasteiger partial charge in [-0.1, -0.05) is 23.4 Å². The van der Waals surface area contributed by atoms with Crippen LogP contribution in [-0.4, -0.2) is 65.0 Å². The molecule has 0 unspecified atom stereocenters. The number of thioether (sulfide) groups is 1. The summed E-state index contributed by atoms with van der Waals surface area (Å²) in [5, 5.41) is 3.91. The largest absolute Gasteiger partial charge is 0.496 e. The van der Waals surface area contributed by atoms with Crippen LogP contribution in [0.15, 0.2) is 51.9 Å². The van der Waals surface area contributed by atoms with Crippen molar-refractivity contribution >= 4 is 23.6 Å². The fourth-order valence-corrected chi connectivity index (χ4v) is 4.62. The Bertz CT molecular complexity index is 1150. The minimum atomic E-state index is -0.0493. The zero-order chi connectivity index (χ0) is 23.4. The molecule has 1 aliphatic heterocycles. The molecule has 0 N–H and O–H groups in total. The molecule has 1 aromatic heterocycles. The first-order valence-electron chi connectivity index (χ1n) is 10.7. The highest BCUT2D eigenvalue weighted by molar-refractivity contribution is 7.98. The van der Waals surface area contributed by atoms with E-state index in [2.05, 4.69) is 10.1 Å². The van der Waals surface area contributed by atoms with Gasteiger partial charge in [0.05, 0.1) is 18.4 Å². The molecule has 172 valence electrons. The monoisotopic (exact) mass is 466 g/mol. The third kappa shape index (κ3) is 5.19. The van der Waals surface area contributed by atoms with E-state index >= 15 is 0 Å². The van der Waals surface area contributed by atoms with Crippen LogP contribution in [0.2, 0.25) is 0 Å². The molecule has 9 heteroatoms. The molecular formula is C24H26N4O4S. The number of rotatable bonds is 6. The molecule has 1 fully saturated rings. The first-order valence-corrected chi connectivity index (χ1v) is 11.7. The zero-order valence-corrected chi connectivity index (χ0v) is 19.7. The van der Waals surface area contributed by atoms with Gasteiger partial charge in [-0.2, -0.15) is 4.98 Å². The quantitative estimate of drug-likeness (QED) is 0.513. The molecule has 4 rings (SSSR count). The van der Waals surface area contributed by atoms with Gasteiger partial charge in [0.2, 0.25) is 5.89 Å². The topological polar surface area (TPSA) is 88.8 Å². The molecule has 0 radical (unpaired) electrons. The van der Waals surface area contributed by atoms with E-state index < -0.39 is 0 Å². The Labute approximate surface area is 196 Å². The van der Waals surface area contributed by atoms with E-state index in [1.165, 1.54) is 11.8 Å². The summed E-state index contributed by atoms with van der Waals surface area (Å²) in [6.07, 6.45) is 0. The van der Waals surface area contributed by atoms with Crippen molar-refractivity contribution in [1.82, 2.24) is 19.9 Å². The molecule has 1 saturated heterocycles. The minimum absolute atomic E-state index is 0.0357. The van der Waals surface area contributed by atoms with Crippen molar-refractivity contribution in [2.75, 3.05) is 33.3 Å². The third-order valence-corrected chi connectivity index (χ3v) is 6.62. The highest BCUT2D eigenvalue weighted by atomic mass is 32.2. The Hall–Kier alpha value is -3.33. The van der Waals surface area contributed by atoms with Gasteiger partial charge in [0, 0.05) is 43.6 Å². The summed E-state index contributed by atoms with van der Waals surface area (Å²) in [6, 6.07) is 13.0. The standard InChI is InChI=1S/C24H26N4O4S/c1-16-8-9-18(14-20(16)31-3)23(29)27-10-12-28(13-11-27)24(30)19-6-4-5-7-21(19)33-15-22-25-17(2)32-26-22/h4-9,14H,10-13,15H2,1-3H3. The number of piperazine rings is 1. The smallest absolute Gasteiger partial charge is 0.255 e. The van der Waals surface area contributed by atoms with Crippen LogP contribution in [0.4, 0.5) is 0 Å². The lowest BCUT2D eigenvalue weighted by molar-refractivity contribution is 0.0533. The first-order chi connectivity index (χ1) is 16.0. The summed E-state index contributed by atoms with van der Waals surface area (Å²) < 4.78 is 10.4. The molecule has 0 saturated carbocycles. The van der Waals surface area contributed by atoms with E-state index in [9.17, 15) is 9.59 Å². The number of benzene rings is 2. The fourth-order valence-electron chi connectivity index (χ4n) is 3.73. The number of hydrogen-bond acceptors (Lipinski definition) is 7.